The van der Waals surface area contributed by atoms with E-state index in [1.54, 1.807) is 0 Å². The Morgan fingerprint density at radius 1 is 1.45 bits per heavy atom. The van der Waals surface area contributed by atoms with Gasteiger partial charge in [-0.2, -0.15) is 0 Å². The van der Waals surface area contributed by atoms with Crippen molar-refractivity contribution in [2.24, 2.45) is 11.1 Å². The van der Waals surface area contributed by atoms with Gasteiger partial charge >= 0.3 is 0 Å². The van der Waals surface area contributed by atoms with Gasteiger partial charge in [0, 0.05) is 0 Å². The maximum absolute atomic E-state index is 8.50. The molecule has 0 amide bonds. The topological polar surface area (TPSA) is 32.6 Å². The van der Waals surface area contributed by atoms with Crippen molar-refractivity contribution in [2.75, 3.05) is 0 Å². The molecule has 0 saturated heterocycles. The summed E-state index contributed by atoms with van der Waals surface area (Å²) in [5, 5.41) is 11.8. The van der Waals surface area contributed by atoms with Crippen LogP contribution in [0.3, 0.4) is 0 Å². The zero-order chi connectivity index (χ0) is 8.10. The smallest absolute Gasteiger partial charge is 0.0571 e. The molecule has 11 heavy (non-hydrogen) atoms. The van der Waals surface area contributed by atoms with Crippen LogP contribution in [0.25, 0.3) is 0 Å². The Kier molecular flexibility index (Phi) is 3.40. The molecule has 1 rings (SSSR count). The Morgan fingerprint density at radius 2 is 2.09 bits per heavy atom. The average molecular weight is 155 g/mol. The third-order valence-electron chi connectivity index (χ3n) is 2.52. The zero-order valence-corrected chi connectivity index (χ0v) is 7.21. The molecule has 0 aromatic carbocycles. The molecular formula is C9H17NO. The molecule has 2 nitrogen and oxygen atoms in total. The van der Waals surface area contributed by atoms with E-state index >= 15 is 0 Å². The first-order valence-electron chi connectivity index (χ1n) is 4.56. The van der Waals surface area contributed by atoms with Crippen LogP contribution < -0.4 is 0 Å². The Labute approximate surface area is 68.3 Å². The van der Waals surface area contributed by atoms with E-state index in [4.69, 9.17) is 5.21 Å². The summed E-state index contributed by atoms with van der Waals surface area (Å²) in [6, 6.07) is 0. The van der Waals surface area contributed by atoms with E-state index < -0.39 is 0 Å². The summed E-state index contributed by atoms with van der Waals surface area (Å²) in [5.41, 5.74) is 0.998. The van der Waals surface area contributed by atoms with Gasteiger partial charge in [0.25, 0.3) is 0 Å². The minimum absolute atomic E-state index is 0.894. The Bertz CT molecular complexity index is 132. The van der Waals surface area contributed by atoms with E-state index in [0.29, 0.717) is 0 Å². The van der Waals surface area contributed by atoms with Gasteiger partial charge < -0.3 is 5.21 Å². The lowest BCUT2D eigenvalue weighted by atomic mass is 9.85. The van der Waals surface area contributed by atoms with E-state index in [9.17, 15) is 0 Å². The quantitative estimate of drug-likeness (QED) is 0.482. The van der Waals surface area contributed by atoms with Gasteiger partial charge in [0.05, 0.1) is 5.71 Å². The second-order valence-corrected chi connectivity index (χ2v) is 3.40. The summed E-state index contributed by atoms with van der Waals surface area (Å²) in [7, 11) is 0. The summed E-state index contributed by atoms with van der Waals surface area (Å²) < 4.78 is 0. The largest absolute Gasteiger partial charge is 0.411 e. The fourth-order valence-corrected chi connectivity index (χ4v) is 1.81. The van der Waals surface area contributed by atoms with E-state index in [-0.39, 0.29) is 0 Å². The van der Waals surface area contributed by atoms with Gasteiger partial charge in [0.2, 0.25) is 0 Å². The monoisotopic (exact) mass is 155 g/mol. The highest BCUT2D eigenvalue weighted by molar-refractivity contribution is 5.84. The lowest BCUT2D eigenvalue weighted by Crippen LogP contribution is -2.13. The van der Waals surface area contributed by atoms with Crippen LogP contribution >= 0.6 is 0 Å². The van der Waals surface area contributed by atoms with E-state index in [0.717, 1.165) is 24.5 Å². The molecule has 1 aliphatic rings. The molecule has 0 aromatic rings. The second kappa shape index (κ2) is 4.37. The molecule has 0 unspecified atom stereocenters. The normalized spacial score (nSPS) is 25.2. The first kappa shape index (κ1) is 8.57. The molecule has 0 bridgehead atoms. The van der Waals surface area contributed by atoms with Crippen LogP contribution in [0.4, 0.5) is 0 Å². The first-order chi connectivity index (χ1) is 5.36. The molecule has 1 N–H and O–H groups in total. The van der Waals surface area contributed by atoms with E-state index in [2.05, 4.69) is 12.1 Å². The highest BCUT2D eigenvalue weighted by atomic mass is 16.4. The molecule has 0 aromatic heterocycles. The molecule has 0 spiro atoms. The number of oxime groups is 1. The number of nitrogens with zero attached hydrogens (tertiary/aromatic N) is 1. The Balaban J connectivity index is 2.24. The highest BCUT2D eigenvalue weighted by Gasteiger charge is 2.16. The van der Waals surface area contributed by atoms with Crippen molar-refractivity contribution in [3.8, 4) is 0 Å². The molecule has 1 fully saturated rings. The molecule has 0 atom stereocenters. The minimum atomic E-state index is 0.894. The molecule has 0 heterocycles. The summed E-state index contributed by atoms with van der Waals surface area (Å²) in [6.07, 6.45) is 7.12. The van der Waals surface area contributed by atoms with Gasteiger partial charge in [0.1, 0.15) is 0 Å². The van der Waals surface area contributed by atoms with Crippen molar-refractivity contribution < 1.29 is 5.21 Å². The van der Waals surface area contributed by atoms with Gasteiger partial charge in [-0.05, 0) is 31.6 Å². The van der Waals surface area contributed by atoms with Crippen molar-refractivity contribution in [3.63, 3.8) is 0 Å². The Morgan fingerprint density at radius 3 is 2.55 bits per heavy atom. The third-order valence-corrected chi connectivity index (χ3v) is 2.52. The van der Waals surface area contributed by atoms with Crippen LogP contribution in [0.15, 0.2) is 5.16 Å². The second-order valence-electron chi connectivity index (χ2n) is 3.40. The van der Waals surface area contributed by atoms with Crippen LogP contribution in [-0.2, 0) is 0 Å². The standard InChI is InChI=1S/C9H17NO/c1-2-3-8-4-6-9(10-11)7-5-8/h8,11H,2-7H2,1H3. The zero-order valence-electron chi connectivity index (χ0n) is 7.21. The molecular weight excluding hydrogens is 138 g/mol. The van der Waals surface area contributed by atoms with Crippen LogP contribution in [0, 0.1) is 5.92 Å². The lowest BCUT2D eigenvalue weighted by molar-refractivity contribution is 0.309. The van der Waals surface area contributed by atoms with E-state index in [1.165, 1.54) is 25.7 Å². The summed E-state index contributed by atoms with van der Waals surface area (Å²) in [5.74, 6) is 0.894. The average Bonchev–Trinajstić information content (AvgIpc) is 2.07. The lowest BCUT2D eigenvalue weighted by Gasteiger charge is -2.21. The summed E-state index contributed by atoms with van der Waals surface area (Å²) in [4.78, 5) is 0. The SMILES string of the molecule is CCCC1CCC(=NO)CC1. The predicted molar refractivity (Wildman–Crippen MR) is 46.1 cm³/mol. The van der Waals surface area contributed by atoms with Crippen LogP contribution in [0.5, 0.6) is 0 Å². The highest BCUT2D eigenvalue weighted by Crippen LogP contribution is 2.25. The van der Waals surface area contributed by atoms with Crippen molar-refractivity contribution in [3.05, 3.63) is 0 Å². The predicted octanol–water partition coefficient (Wildman–Crippen LogP) is 2.81. The van der Waals surface area contributed by atoms with Gasteiger partial charge in [-0.15, -0.1) is 0 Å². The molecule has 1 aliphatic carbocycles. The van der Waals surface area contributed by atoms with Gasteiger partial charge in [-0.1, -0.05) is 24.9 Å². The molecule has 64 valence electrons. The minimum Gasteiger partial charge on any atom is -0.411 e. The van der Waals surface area contributed by atoms with E-state index in [1.807, 2.05) is 0 Å². The van der Waals surface area contributed by atoms with Crippen molar-refractivity contribution >= 4 is 5.71 Å². The summed E-state index contributed by atoms with van der Waals surface area (Å²) >= 11 is 0. The van der Waals surface area contributed by atoms with Gasteiger partial charge in [-0.3, -0.25) is 0 Å². The third kappa shape index (κ3) is 2.52. The Hall–Kier alpha value is -0.530. The fourth-order valence-electron chi connectivity index (χ4n) is 1.81. The summed E-state index contributed by atoms with van der Waals surface area (Å²) in [6.45, 7) is 2.23. The van der Waals surface area contributed by atoms with Crippen LogP contribution in [0.1, 0.15) is 45.4 Å². The van der Waals surface area contributed by atoms with Gasteiger partial charge in [0.15, 0.2) is 0 Å². The molecule has 1 saturated carbocycles. The van der Waals surface area contributed by atoms with Crippen molar-refractivity contribution in [1.82, 2.24) is 0 Å². The maximum atomic E-state index is 8.50. The number of rotatable bonds is 2. The van der Waals surface area contributed by atoms with Crippen LogP contribution in [-0.4, -0.2) is 10.9 Å². The van der Waals surface area contributed by atoms with Crippen molar-refractivity contribution in [2.45, 2.75) is 45.4 Å². The molecule has 0 aliphatic heterocycles. The van der Waals surface area contributed by atoms with Crippen molar-refractivity contribution in [1.29, 1.82) is 0 Å². The number of hydrogen-bond acceptors (Lipinski definition) is 2. The first-order valence-corrected chi connectivity index (χ1v) is 4.56. The maximum Gasteiger partial charge on any atom is 0.0571 e. The van der Waals surface area contributed by atoms with Gasteiger partial charge in [-0.25, -0.2) is 0 Å². The number of hydrogen-bond donors (Lipinski definition) is 1. The fraction of sp³-hybridized carbons (Fsp3) is 0.889. The molecule has 2 heteroatoms. The van der Waals surface area contributed by atoms with Crippen LogP contribution in [0.2, 0.25) is 0 Å². The molecule has 0 radical (unpaired) electrons.